The van der Waals surface area contributed by atoms with Gasteiger partial charge < -0.3 is 0 Å². The SMILES string of the molecule is [2H]c1c([2H])c([2H])c2c(-c3cccc4ccccc34)c3c([2H])c([2H])c([2H])c([2H])c3c(-c3cccc(-c4nc5ccccc5n4-c4ccccc4)c3)c2c1[2H]. The van der Waals surface area contributed by atoms with Gasteiger partial charge in [0.05, 0.1) is 22.0 Å². The third-order valence-corrected chi connectivity index (χ3v) is 8.42. The van der Waals surface area contributed by atoms with E-state index >= 15 is 0 Å². The predicted molar refractivity (Wildman–Crippen MR) is 190 cm³/mol. The van der Waals surface area contributed by atoms with Gasteiger partial charge in [-0.3, -0.25) is 4.57 Å². The molecule has 8 aromatic carbocycles. The van der Waals surface area contributed by atoms with Gasteiger partial charge in [0.25, 0.3) is 0 Å². The first-order chi connectivity index (χ1) is 25.7. The van der Waals surface area contributed by atoms with Gasteiger partial charge in [0.2, 0.25) is 0 Å². The van der Waals surface area contributed by atoms with Crippen molar-refractivity contribution in [3.05, 3.63) is 170 Å². The van der Waals surface area contributed by atoms with Crippen molar-refractivity contribution >= 4 is 43.4 Å². The number of rotatable bonds is 4. The maximum Gasteiger partial charge on any atom is 0.145 e. The molecule has 0 radical (unpaired) electrons. The highest BCUT2D eigenvalue weighted by Gasteiger charge is 2.19. The maximum absolute atomic E-state index is 9.37. The zero-order valence-electron chi connectivity index (χ0n) is 31.9. The molecule has 45 heavy (non-hydrogen) atoms. The number of hydrogen-bond donors (Lipinski definition) is 0. The molecule has 0 atom stereocenters. The van der Waals surface area contributed by atoms with E-state index in [4.69, 9.17) is 10.5 Å². The zero-order chi connectivity index (χ0) is 36.7. The van der Waals surface area contributed by atoms with Gasteiger partial charge in [-0.05, 0) is 84.9 Å². The van der Waals surface area contributed by atoms with Crippen LogP contribution in [0.5, 0.6) is 0 Å². The molecule has 2 nitrogen and oxygen atoms in total. The Labute approximate surface area is 272 Å². The molecule has 0 aliphatic heterocycles. The number of aromatic nitrogens is 2. The molecule has 0 spiro atoms. The summed E-state index contributed by atoms with van der Waals surface area (Å²) in [4.78, 5) is 5.04. The minimum absolute atomic E-state index is 0.171. The molecule has 0 aliphatic rings. The molecule has 0 saturated heterocycles. The monoisotopic (exact) mass is 580 g/mol. The van der Waals surface area contributed by atoms with E-state index in [0.29, 0.717) is 33.6 Å². The fourth-order valence-electron chi connectivity index (χ4n) is 6.50. The number of para-hydroxylation sites is 3. The van der Waals surface area contributed by atoms with Gasteiger partial charge in [0, 0.05) is 11.3 Å². The summed E-state index contributed by atoms with van der Waals surface area (Å²) in [6, 6.07) is 35.5. The fraction of sp³-hybridized carbons (Fsp3) is 0. The largest absolute Gasteiger partial charge is 0.292 e. The summed E-state index contributed by atoms with van der Waals surface area (Å²) in [5.74, 6) is 0.643. The summed E-state index contributed by atoms with van der Waals surface area (Å²) in [7, 11) is 0. The average molecular weight is 581 g/mol. The van der Waals surface area contributed by atoms with E-state index in [-0.39, 0.29) is 45.7 Å². The van der Waals surface area contributed by atoms with Gasteiger partial charge in [-0.15, -0.1) is 0 Å². The zero-order valence-corrected chi connectivity index (χ0v) is 23.9. The lowest BCUT2D eigenvalue weighted by Gasteiger charge is -2.19. The molecule has 9 aromatic rings. The third-order valence-electron chi connectivity index (χ3n) is 8.42. The molecule has 210 valence electrons. The van der Waals surface area contributed by atoms with Crippen LogP contribution < -0.4 is 0 Å². The Balaban J connectivity index is 1.48. The van der Waals surface area contributed by atoms with Gasteiger partial charge in [0.15, 0.2) is 0 Å². The van der Waals surface area contributed by atoms with Crippen molar-refractivity contribution in [1.82, 2.24) is 9.55 Å². The van der Waals surface area contributed by atoms with E-state index < -0.39 is 24.2 Å². The maximum atomic E-state index is 9.37. The van der Waals surface area contributed by atoms with Crippen LogP contribution in [0.2, 0.25) is 0 Å². The predicted octanol–water partition coefficient (Wildman–Crippen LogP) is 11.5. The van der Waals surface area contributed by atoms with E-state index in [1.807, 2.05) is 121 Å². The van der Waals surface area contributed by atoms with Crippen LogP contribution in [0.25, 0.3) is 82.7 Å². The number of benzene rings is 8. The minimum atomic E-state index is -0.435. The molecule has 0 unspecified atom stereocenters. The van der Waals surface area contributed by atoms with Gasteiger partial charge in [-0.2, -0.15) is 0 Å². The van der Waals surface area contributed by atoms with E-state index in [1.165, 1.54) is 0 Å². The lowest BCUT2D eigenvalue weighted by molar-refractivity contribution is 1.10. The molecule has 0 saturated carbocycles. The molecule has 1 aromatic heterocycles. The summed E-state index contributed by atoms with van der Waals surface area (Å²) in [6.07, 6.45) is 0. The summed E-state index contributed by atoms with van der Waals surface area (Å²) >= 11 is 0. The van der Waals surface area contributed by atoms with E-state index in [2.05, 4.69) is 4.57 Å². The van der Waals surface area contributed by atoms with Crippen molar-refractivity contribution in [2.24, 2.45) is 0 Å². The Morgan fingerprint density at radius 1 is 0.489 bits per heavy atom. The molecule has 2 heteroatoms. The first-order valence-electron chi connectivity index (χ1n) is 18.7. The van der Waals surface area contributed by atoms with Crippen molar-refractivity contribution in [1.29, 1.82) is 0 Å². The second-order valence-corrected chi connectivity index (χ2v) is 11.0. The Morgan fingerprint density at radius 2 is 1.09 bits per heavy atom. The van der Waals surface area contributed by atoms with Crippen molar-refractivity contribution in [2.75, 3.05) is 0 Å². The van der Waals surface area contributed by atoms with Crippen LogP contribution >= 0.6 is 0 Å². The molecular formula is C43H28N2. The van der Waals surface area contributed by atoms with E-state index in [1.54, 1.807) is 0 Å². The highest BCUT2D eigenvalue weighted by atomic mass is 15.1. The highest BCUT2D eigenvalue weighted by Crippen LogP contribution is 2.45. The number of hydrogen-bond acceptors (Lipinski definition) is 1. The first kappa shape index (κ1) is 18.6. The summed E-state index contributed by atoms with van der Waals surface area (Å²) in [5, 5.41) is 2.37. The van der Waals surface area contributed by atoms with Crippen LogP contribution in [0.3, 0.4) is 0 Å². The first-order valence-corrected chi connectivity index (χ1v) is 14.7. The Hall–Kier alpha value is -5.99. The summed E-state index contributed by atoms with van der Waals surface area (Å²) in [5.41, 5.74) is 5.05. The smallest absolute Gasteiger partial charge is 0.145 e. The van der Waals surface area contributed by atoms with Gasteiger partial charge in [-0.25, -0.2) is 4.98 Å². The van der Waals surface area contributed by atoms with Gasteiger partial charge in [-0.1, -0.05) is 139 Å². The van der Waals surface area contributed by atoms with Crippen LogP contribution in [0, 0.1) is 0 Å². The van der Waals surface area contributed by atoms with Gasteiger partial charge in [0.1, 0.15) is 5.82 Å². The Morgan fingerprint density at radius 3 is 1.87 bits per heavy atom. The van der Waals surface area contributed by atoms with E-state index in [0.717, 1.165) is 27.5 Å². The standard InChI is InChI=1S/C43H28N2/c1-2-18-32(19-3-1)45-40-27-11-10-26-39(40)44-43(45)31-17-12-16-30(28-31)41-35-21-6-8-23-37(35)42(38-24-9-7-22-36(38)41)34-25-13-15-29-14-4-5-20-33(29)34/h1-28H/i6D,7D,8D,9D,21D,22D,23D,24D. The van der Waals surface area contributed by atoms with Crippen molar-refractivity contribution in [3.8, 4) is 39.3 Å². The topological polar surface area (TPSA) is 17.8 Å². The quantitative estimate of drug-likeness (QED) is 0.189. The second-order valence-electron chi connectivity index (χ2n) is 11.0. The lowest BCUT2D eigenvalue weighted by atomic mass is 9.84. The van der Waals surface area contributed by atoms with Crippen LogP contribution in [0.4, 0.5) is 0 Å². The van der Waals surface area contributed by atoms with Crippen LogP contribution in [0.1, 0.15) is 11.0 Å². The number of fused-ring (bicyclic) bond motifs is 4. The summed E-state index contributed by atoms with van der Waals surface area (Å²) < 4.78 is 74.7. The molecule has 1 heterocycles. The number of imidazole rings is 1. The molecule has 0 N–H and O–H groups in total. The van der Waals surface area contributed by atoms with Crippen molar-refractivity contribution in [3.63, 3.8) is 0 Å². The molecule has 0 fully saturated rings. The van der Waals surface area contributed by atoms with Crippen molar-refractivity contribution in [2.45, 2.75) is 0 Å². The van der Waals surface area contributed by atoms with Crippen LogP contribution in [-0.4, -0.2) is 9.55 Å². The molecule has 0 amide bonds. The normalized spacial score (nSPS) is 14.0. The number of nitrogens with zero attached hydrogens (tertiary/aromatic N) is 2. The second kappa shape index (κ2) is 10.3. The van der Waals surface area contributed by atoms with Crippen LogP contribution in [-0.2, 0) is 0 Å². The molecule has 0 bridgehead atoms. The van der Waals surface area contributed by atoms with Crippen LogP contribution in [0.15, 0.2) is 170 Å². The van der Waals surface area contributed by atoms with Crippen molar-refractivity contribution < 1.29 is 11.0 Å². The highest BCUT2D eigenvalue weighted by molar-refractivity contribution is 6.23. The lowest BCUT2D eigenvalue weighted by Crippen LogP contribution is -1.97. The molecule has 0 aliphatic carbocycles. The van der Waals surface area contributed by atoms with Gasteiger partial charge >= 0.3 is 0 Å². The molecular weight excluding hydrogens is 544 g/mol. The Kier molecular flexibility index (Phi) is 4.27. The minimum Gasteiger partial charge on any atom is -0.292 e. The summed E-state index contributed by atoms with van der Waals surface area (Å²) in [6.45, 7) is 0. The fourth-order valence-corrected chi connectivity index (χ4v) is 6.50. The van der Waals surface area contributed by atoms with E-state index in [9.17, 15) is 5.48 Å². The third kappa shape index (κ3) is 4.07. The Bertz CT molecular complexity index is 2900. The average Bonchev–Trinajstić information content (AvgIpc) is 3.59. The molecule has 9 rings (SSSR count).